The second kappa shape index (κ2) is 8.03. The van der Waals surface area contributed by atoms with E-state index in [1.165, 1.54) is 0 Å². The van der Waals surface area contributed by atoms with Crippen LogP contribution in [0.5, 0.6) is 5.75 Å². The molecule has 26 heavy (non-hydrogen) atoms. The third kappa shape index (κ3) is 4.62. The summed E-state index contributed by atoms with van der Waals surface area (Å²) in [5.41, 5.74) is 2.77. The fourth-order valence-corrected chi connectivity index (χ4v) is 2.75. The van der Waals surface area contributed by atoms with E-state index in [1.807, 2.05) is 32.0 Å². The van der Waals surface area contributed by atoms with Gasteiger partial charge in [-0.15, -0.1) is 0 Å². The maximum atomic E-state index is 11.9. The second-order valence-corrected chi connectivity index (χ2v) is 6.35. The van der Waals surface area contributed by atoms with Gasteiger partial charge in [0.1, 0.15) is 11.5 Å². The van der Waals surface area contributed by atoms with Crippen molar-refractivity contribution >= 4 is 17.5 Å². The number of nitrogens with one attached hydrogen (secondary N) is 2. The molecular weight excluding hydrogens is 334 g/mol. The number of aromatic nitrogens is 1. The normalized spacial score (nSPS) is 13.1. The van der Waals surface area contributed by atoms with Crippen molar-refractivity contribution in [3.05, 3.63) is 41.1 Å². The summed E-state index contributed by atoms with van der Waals surface area (Å²) < 4.78 is 11.1. The smallest absolute Gasteiger partial charge is 0.224 e. The largest absolute Gasteiger partial charge is 0.494 e. The number of carbonyl (C=O) groups excluding carboxylic acids is 2. The summed E-state index contributed by atoms with van der Waals surface area (Å²) in [6.45, 7) is 4.47. The molecular formula is C19H23N3O4. The van der Waals surface area contributed by atoms with Gasteiger partial charge in [0.05, 0.1) is 18.8 Å². The zero-order chi connectivity index (χ0) is 18.5. The summed E-state index contributed by atoms with van der Waals surface area (Å²) in [4.78, 5) is 27.4. The van der Waals surface area contributed by atoms with Crippen molar-refractivity contribution in [3.8, 4) is 5.75 Å². The van der Waals surface area contributed by atoms with Gasteiger partial charge in [-0.25, -0.2) is 4.98 Å². The summed E-state index contributed by atoms with van der Waals surface area (Å²) in [6, 6.07) is 5.63. The number of fused-ring (bicyclic) bond motifs is 1. The van der Waals surface area contributed by atoms with Crippen LogP contribution >= 0.6 is 0 Å². The topological polar surface area (TPSA) is 93.5 Å². The van der Waals surface area contributed by atoms with E-state index in [-0.39, 0.29) is 11.8 Å². The summed E-state index contributed by atoms with van der Waals surface area (Å²) in [5, 5.41) is 5.63. The third-order valence-corrected chi connectivity index (χ3v) is 4.30. The van der Waals surface area contributed by atoms with E-state index in [0.29, 0.717) is 38.3 Å². The van der Waals surface area contributed by atoms with Crippen molar-refractivity contribution < 1.29 is 18.7 Å². The average Bonchev–Trinajstić information content (AvgIpc) is 2.95. The van der Waals surface area contributed by atoms with Crippen molar-refractivity contribution in [3.63, 3.8) is 0 Å². The molecule has 2 aromatic rings. The van der Waals surface area contributed by atoms with E-state index in [4.69, 9.17) is 9.15 Å². The molecule has 0 saturated carbocycles. The van der Waals surface area contributed by atoms with Crippen molar-refractivity contribution in [2.45, 2.75) is 46.1 Å². The van der Waals surface area contributed by atoms with Crippen molar-refractivity contribution in [1.29, 1.82) is 0 Å². The molecule has 0 radical (unpaired) electrons. The van der Waals surface area contributed by atoms with Crippen LogP contribution in [0.1, 0.15) is 42.2 Å². The zero-order valence-corrected chi connectivity index (χ0v) is 15.1. The van der Waals surface area contributed by atoms with Gasteiger partial charge in [-0.05, 0) is 50.5 Å². The lowest BCUT2D eigenvalue weighted by molar-refractivity contribution is -0.121. The standard InChI is InChI=1S/C19H23N3O4/c1-12-13(2)26-19(21-12)11-20-17(23)4-3-9-25-15-6-7-16-14(10-15)5-8-18(24)22-16/h6-7,10H,3-5,8-9,11H2,1-2H3,(H,20,23)(H,22,24). The number of amides is 2. The van der Waals surface area contributed by atoms with Crippen molar-refractivity contribution in [1.82, 2.24) is 10.3 Å². The van der Waals surface area contributed by atoms with Gasteiger partial charge < -0.3 is 19.8 Å². The molecule has 2 heterocycles. The van der Waals surface area contributed by atoms with Crippen molar-refractivity contribution in [2.75, 3.05) is 11.9 Å². The number of carbonyl (C=O) groups is 2. The lowest BCUT2D eigenvalue weighted by atomic mass is 10.0. The van der Waals surface area contributed by atoms with E-state index in [9.17, 15) is 9.59 Å². The summed E-state index contributed by atoms with van der Waals surface area (Å²) in [7, 11) is 0. The van der Waals surface area contributed by atoms with Crippen LogP contribution in [0.3, 0.4) is 0 Å². The first-order valence-corrected chi connectivity index (χ1v) is 8.76. The van der Waals surface area contributed by atoms with Gasteiger partial charge in [-0.3, -0.25) is 9.59 Å². The molecule has 0 atom stereocenters. The number of anilines is 1. The molecule has 0 fully saturated rings. The molecule has 0 unspecified atom stereocenters. The number of hydrogen-bond acceptors (Lipinski definition) is 5. The van der Waals surface area contributed by atoms with Crippen LogP contribution in [0, 0.1) is 13.8 Å². The molecule has 1 aliphatic rings. The molecule has 1 aromatic carbocycles. The maximum absolute atomic E-state index is 11.9. The number of rotatable bonds is 7. The Morgan fingerprint density at radius 2 is 2.19 bits per heavy atom. The highest BCUT2D eigenvalue weighted by Gasteiger charge is 2.15. The second-order valence-electron chi connectivity index (χ2n) is 6.35. The molecule has 0 spiro atoms. The first-order chi connectivity index (χ1) is 12.5. The highest BCUT2D eigenvalue weighted by Crippen LogP contribution is 2.26. The Morgan fingerprint density at radius 3 is 2.96 bits per heavy atom. The fraction of sp³-hybridized carbons (Fsp3) is 0.421. The lowest BCUT2D eigenvalue weighted by Crippen LogP contribution is -2.23. The minimum Gasteiger partial charge on any atom is -0.494 e. The summed E-state index contributed by atoms with van der Waals surface area (Å²) in [6.07, 6.45) is 2.21. The van der Waals surface area contributed by atoms with Gasteiger partial charge in [-0.2, -0.15) is 0 Å². The fourth-order valence-electron chi connectivity index (χ4n) is 2.75. The molecule has 7 heteroatoms. The van der Waals surface area contributed by atoms with Gasteiger partial charge in [0.2, 0.25) is 17.7 Å². The monoisotopic (exact) mass is 357 g/mol. The van der Waals surface area contributed by atoms with Crippen LogP contribution in [0.4, 0.5) is 5.69 Å². The van der Waals surface area contributed by atoms with Gasteiger partial charge in [0.25, 0.3) is 0 Å². The maximum Gasteiger partial charge on any atom is 0.224 e. The Labute approximate surface area is 152 Å². The molecule has 2 N–H and O–H groups in total. The summed E-state index contributed by atoms with van der Waals surface area (Å²) in [5.74, 6) is 2.03. The predicted octanol–water partition coefficient (Wildman–Crippen LogP) is 2.65. The van der Waals surface area contributed by atoms with E-state index in [2.05, 4.69) is 15.6 Å². The molecule has 138 valence electrons. The Balaban J connectivity index is 1.37. The average molecular weight is 357 g/mol. The van der Waals surface area contributed by atoms with E-state index in [0.717, 1.165) is 34.9 Å². The van der Waals surface area contributed by atoms with Crippen LogP contribution in [0.2, 0.25) is 0 Å². The molecule has 2 amide bonds. The third-order valence-electron chi connectivity index (χ3n) is 4.30. The molecule has 0 bridgehead atoms. The van der Waals surface area contributed by atoms with Gasteiger partial charge in [0.15, 0.2) is 0 Å². The predicted molar refractivity (Wildman–Crippen MR) is 95.9 cm³/mol. The van der Waals surface area contributed by atoms with Crippen LogP contribution in [-0.4, -0.2) is 23.4 Å². The zero-order valence-electron chi connectivity index (χ0n) is 15.1. The Kier molecular flexibility index (Phi) is 5.55. The Bertz CT molecular complexity index is 794. The molecule has 0 saturated heterocycles. The first-order valence-electron chi connectivity index (χ1n) is 8.76. The van der Waals surface area contributed by atoms with Crippen LogP contribution in [0.25, 0.3) is 0 Å². The number of ether oxygens (including phenoxy) is 1. The number of benzene rings is 1. The molecule has 0 aliphatic carbocycles. The quantitative estimate of drug-likeness (QED) is 0.743. The first kappa shape index (κ1) is 18.0. The molecule has 3 rings (SSSR count). The number of nitrogens with zero attached hydrogens (tertiary/aromatic N) is 1. The van der Waals surface area contributed by atoms with E-state index >= 15 is 0 Å². The van der Waals surface area contributed by atoms with Crippen LogP contribution < -0.4 is 15.4 Å². The highest BCUT2D eigenvalue weighted by molar-refractivity contribution is 5.94. The number of oxazole rings is 1. The summed E-state index contributed by atoms with van der Waals surface area (Å²) >= 11 is 0. The van der Waals surface area contributed by atoms with Gasteiger partial charge in [-0.1, -0.05) is 0 Å². The minimum atomic E-state index is -0.0599. The number of aryl methyl sites for hydroxylation is 3. The lowest BCUT2D eigenvalue weighted by Gasteiger charge is -2.17. The molecule has 1 aromatic heterocycles. The van der Waals surface area contributed by atoms with Crippen LogP contribution in [-0.2, 0) is 22.6 Å². The molecule has 7 nitrogen and oxygen atoms in total. The molecule has 1 aliphatic heterocycles. The van der Waals surface area contributed by atoms with E-state index in [1.54, 1.807) is 0 Å². The van der Waals surface area contributed by atoms with Gasteiger partial charge in [0, 0.05) is 18.5 Å². The van der Waals surface area contributed by atoms with Gasteiger partial charge >= 0.3 is 0 Å². The van der Waals surface area contributed by atoms with Crippen molar-refractivity contribution in [2.24, 2.45) is 0 Å². The SMILES string of the molecule is Cc1nc(CNC(=O)CCCOc2ccc3c(c2)CCC(=O)N3)oc1C. The number of hydrogen-bond donors (Lipinski definition) is 2. The minimum absolute atomic E-state index is 0.0484. The Morgan fingerprint density at radius 1 is 1.35 bits per heavy atom. The van der Waals surface area contributed by atoms with Crippen LogP contribution in [0.15, 0.2) is 22.6 Å². The Hall–Kier alpha value is -2.83. The highest BCUT2D eigenvalue weighted by atomic mass is 16.5. The van der Waals surface area contributed by atoms with E-state index < -0.39 is 0 Å².